The van der Waals surface area contributed by atoms with Crippen molar-refractivity contribution in [2.45, 2.75) is 6.42 Å². The molecule has 0 saturated heterocycles. The fourth-order valence-corrected chi connectivity index (χ4v) is 0.290. The van der Waals surface area contributed by atoms with Crippen LogP contribution in [-0.2, 0) is 9.47 Å². The highest BCUT2D eigenvalue weighted by Gasteiger charge is 1.99. The van der Waals surface area contributed by atoms with Crippen LogP contribution in [0.25, 0.3) is 0 Å². The average molecular weight is 203 g/mol. The maximum atomic E-state index is 6.93. The molecule has 11 heavy (non-hydrogen) atoms. The van der Waals surface area contributed by atoms with Gasteiger partial charge in [0.05, 0.1) is 20.6 Å². The van der Waals surface area contributed by atoms with E-state index in [0.29, 0.717) is 0 Å². The van der Waals surface area contributed by atoms with Crippen LogP contribution in [0.2, 0.25) is 0 Å². The summed E-state index contributed by atoms with van der Waals surface area (Å²) >= 11 is 0. The van der Waals surface area contributed by atoms with Gasteiger partial charge in [-0.2, -0.15) is 0 Å². The molecule has 6 heteroatoms. The second-order valence-electron chi connectivity index (χ2n) is 1.43. The van der Waals surface area contributed by atoms with Crippen molar-refractivity contribution in [1.82, 2.24) is 0 Å². The van der Waals surface area contributed by atoms with Crippen LogP contribution in [0.5, 0.6) is 0 Å². The summed E-state index contributed by atoms with van der Waals surface area (Å²) in [6.45, 7) is 0. The van der Waals surface area contributed by atoms with Gasteiger partial charge in [-0.15, -0.1) is 24.8 Å². The van der Waals surface area contributed by atoms with Crippen LogP contribution in [0.3, 0.4) is 0 Å². The zero-order chi connectivity index (χ0) is 7.28. The van der Waals surface area contributed by atoms with E-state index in [-0.39, 0.29) is 43.0 Å². The maximum absolute atomic E-state index is 6.93. The van der Waals surface area contributed by atoms with E-state index in [1.54, 1.807) is 0 Å². The van der Waals surface area contributed by atoms with Gasteiger partial charge in [-0.1, -0.05) is 0 Å². The maximum Gasteiger partial charge on any atom is 0.189 e. The van der Waals surface area contributed by atoms with E-state index in [2.05, 4.69) is 9.47 Å². The third-order valence-corrected chi connectivity index (χ3v) is 0.814. The van der Waals surface area contributed by atoms with Gasteiger partial charge in [0, 0.05) is 0 Å². The molecule has 0 spiro atoms. The molecule has 0 aliphatic heterocycles. The smallest absolute Gasteiger partial charge is 0.189 e. The Balaban J connectivity index is -0.000000320. The minimum absolute atomic E-state index is 0. The second-order valence-corrected chi connectivity index (χ2v) is 1.43. The van der Waals surface area contributed by atoms with Crippen molar-refractivity contribution in [3.05, 3.63) is 0 Å². The largest absolute Gasteiger partial charge is 0.484 e. The Morgan fingerprint density at radius 1 is 1.00 bits per heavy atom. The van der Waals surface area contributed by atoms with Crippen molar-refractivity contribution in [2.24, 2.45) is 0 Å². The zero-order valence-electron chi connectivity index (χ0n) is 6.34. The Morgan fingerprint density at radius 2 is 1.27 bits per heavy atom. The third kappa shape index (κ3) is 9.52. The summed E-state index contributed by atoms with van der Waals surface area (Å²) in [5, 5.41) is 13.9. The quantitative estimate of drug-likeness (QED) is 0.527. The number of rotatable bonds is 2. The van der Waals surface area contributed by atoms with Gasteiger partial charge in [0.1, 0.15) is 0 Å². The van der Waals surface area contributed by atoms with Crippen molar-refractivity contribution in [2.75, 3.05) is 14.2 Å². The molecule has 0 bridgehead atoms. The highest BCUT2D eigenvalue weighted by atomic mass is 35.5. The molecule has 0 aromatic carbocycles. The van der Waals surface area contributed by atoms with Crippen molar-refractivity contribution in [1.29, 1.82) is 10.8 Å². The molecule has 0 aliphatic carbocycles. The number of ether oxygens (including phenoxy) is 2. The van der Waals surface area contributed by atoms with Gasteiger partial charge in [-0.25, -0.2) is 0 Å². The first-order chi connectivity index (χ1) is 4.20. The van der Waals surface area contributed by atoms with E-state index in [1.807, 2.05) is 0 Å². The molecule has 0 rings (SSSR count). The molecule has 4 nitrogen and oxygen atoms in total. The number of methoxy groups -OCH3 is 2. The minimum Gasteiger partial charge on any atom is -0.484 e. The molecule has 0 aromatic rings. The highest BCUT2D eigenvalue weighted by Crippen LogP contribution is 1.87. The summed E-state index contributed by atoms with van der Waals surface area (Å²) in [6.07, 6.45) is 0.132. The molecular weight excluding hydrogens is 191 g/mol. The second kappa shape index (κ2) is 9.52. The fraction of sp³-hybridized carbons (Fsp3) is 0.600. The van der Waals surface area contributed by atoms with Gasteiger partial charge in [0.15, 0.2) is 11.8 Å². The highest BCUT2D eigenvalue weighted by molar-refractivity contribution is 5.93. The van der Waals surface area contributed by atoms with E-state index in [4.69, 9.17) is 10.8 Å². The Hall–Kier alpha value is -0.480. The predicted molar refractivity (Wildman–Crippen MR) is 48.6 cm³/mol. The van der Waals surface area contributed by atoms with Gasteiger partial charge in [0.2, 0.25) is 0 Å². The van der Waals surface area contributed by atoms with Crippen molar-refractivity contribution < 1.29 is 9.47 Å². The SMILES string of the molecule is COC(=N)CC(=N)OC.Cl.Cl. The van der Waals surface area contributed by atoms with E-state index in [1.165, 1.54) is 14.2 Å². The van der Waals surface area contributed by atoms with E-state index in [0.717, 1.165) is 0 Å². The van der Waals surface area contributed by atoms with Crippen molar-refractivity contribution in [3.63, 3.8) is 0 Å². The molecule has 0 amide bonds. The molecule has 0 unspecified atom stereocenters. The molecule has 0 aliphatic rings. The van der Waals surface area contributed by atoms with Crippen LogP contribution in [0.4, 0.5) is 0 Å². The minimum atomic E-state index is 0. The molecule has 0 radical (unpaired) electrons. The summed E-state index contributed by atoms with van der Waals surface area (Å²) < 4.78 is 8.97. The Morgan fingerprint density at radius 3 is 1.45 bits per heavy atom. The number of halogens is 2. The summed E-state index contributed by atoms with van der Waals surface area (Å²) in [7, 11) is 2.79. The van der Waals surface area contributed by atoms with Crippen molar-refractivity contribution in [3.8, 4) is 0 Å². The van der Waals surface area contributed by atoms with E-state index in [9.17, 15) is 0 Å². The molecule has 68 valence electrons. The van der Waals surface area contributed by atoms with Crippen LogP contribution in [0, 0.1) is 10.8 Å². The van der Waals surface area contributed by atoms with Gasteiger partial charge in [0.25, 0.3) is 0 Å². The molecule has 0 heterocycles. The molecule has 0 fully saturated rings. The van der Waals surface area contributed by atoms with E-state index < -0.39 is 0 Å². The van der Waals surface area contributed by atoms with Gasteiger partial charge < -0.3 is 9.47 Å². The summed E-state index contributed by atoms with van der Waals surface area (Å²) in [6, 6.07) is 0. The van der Waals surface area contributed by atoms with Gasteiger partial charge in [-0.3, -0.25) is 10.8 Å². The first kappa shape index (κ1) is 16.9. The Bertz CT molecular complexity index is 116. The Kier molecular flexibility index (Phi) is 14.6. The van der Waals surface area contributed by atoms with Crippen LogP contribution < -0.4 is 0 Å². The normalized spacial score (nSPS) is 6.73. The van der Waals surface area contributed by atoms with Gasteiger partial charge in [-0.05, 0) is 0 Å². The molecule has 2 N–H and O–H groups in total. The number of nitrogens with one attached hydrogen (secondary N) is 2. The van der Waals surface area contributed by atoms with Gasteiger partial charge >= 0.3 is 0 Å². The summed E-state index contributed by atoms with van der Waals surface area (Å²) in [4.78, 5) is 0. The predicted octanol–water partition coefficient (Wildman–Crippen LogP) is 1.47. The van der Waals surface area contributed by atoms with Crippen LogP contribution in [0.15, 0.2) is 0 Å². The molecule has 0 atom stereocenters. The molecular formula is C5H12Cl2N2O2. The monoisotopic (exact) mass is 202 g/mol. The standard InChI is InChI=1S/C5H10N2O2.2ClH/c1-8-4(6)3-5(7)9-2;;/h6-7H,3H2,1-2H3;2*1H. The topological polar surface area (TPSA) is 66.2 Å². The third-order valence-electron chi connectivity index (χ3n) is 0.814. The van der Waals surface area contributed by atoms with Crippen LogP contribution in [0.1, 0.15) is 6.42 Å². The lowest BCUT2D eigenvalue weighted by Gasteiger charge is -2.01. The van der Waals surface area contributed by atoms with Crippen LogP contribution >= 0.6 is 24.8 Å². The first-order valence-corrected chi connectivity index (χ1v) is 2.43. The zero-order valence-corrected chi connectivity index (χ0v) is 7.97. The molecule has 0 saturated carbocycles. The molecule has 0 aromatic heterocycles. The summed E-state index contributed by atoms with van der Waals surface area (Å²) in [5.41, 5.74) is 0. The fourth-order valence-electron chi connectivity index (χ4n) is 0.290. The average Bonchev–Trinajstić information content (AvgIpc) is 1.87. The number of hydrogen-bond acceptors (Lipinski definition) is 4. The van der Waals surface area contributed by atoms with Crippen LogP contribution in [-0.4, -0.2) is 26.0 Å². The first-order valence-electron chi connectivity index (χ1n) is 2.43. The lowest BCUT2D eigenvalue weighted by atomic mass is 10.4. The van der Waals surface area contributed by atoms with E-state index >= 15 is 0 Å². The summed E-state index contributed by atoms with van der Waals surface area (Å²) in [5.74, 6) is 0.0868. The number of hydrogen-bond donors (Lipinski definition) is 2. The Labute approximate surface area is 78.1 Å². The lowest BCUT2D eigenvalue weighted by molar-refractivity contribution is 0.368. The lowest BCUT2D eigenvalue weighted by Crippen LogP contribution is -2.08. The van der Waals surface area contributed by atoms with Crippen molar-refractivity contribution >= 4 is 36.6 Å².